The maximum atomic E-state index is 11.7. The van der Waals surface area contributed by atoms with Crippen molar-refractivity contribution in [3.8, 4) is 16.9 Å². The van der Waals surface area contributed by atoms with E-state index in [-0.39, 0.29) is 5.78 Å². The van der Waals surface area contributed by atoms with Crippen molar-refractivity contribution < 1.29 is 9.53 Å². The third kappa shape index (κ3) is 2.96. The third-order valence-corrected chi connectivity index (χ3v) is 3.29. The molecular weight excluding hydrogens is 260 g/mol. The number of carbonyl (C=O) groups excluding carboxylic acids is 1. The zero-order valence-electron chi connectivity index (χ0n) is 10.9. The molecule has 0 atom stereocenters. The number of ether oxygens (including phenoxy) is 1. The van der Waals surface area contributed by atoms with E-state index >= 15 is 0 Å². The molecule has 0 heterocycles. The van der Waals surface area contributed by atoms with Crippen LogP contribution in [0.15, 0.2) is 42.5 Å². The Labute approximate surface area is 118 Å². The van der Waals surface area contributed by atoms with Crippen LogP contribution < -0.4 is 4.74 Å². The van der Waals surface area contributed by atoms with Crippen molar-refractivity contribution in [1.29, 1.82) is 0 Å². The summed E-state index contributed by atoms with van der Waals surface area (Å²) in [6.07, 6.45) is 0.507. The number of methoxy groups -OCH3 is 1. The highest BCUT2D eigenvalue weighted by molar-refractivity contribution is 6.32. The van der Waals surface area contributed by atoms with Gasteiger partial charge in [-0.2, -0.15) is 0 Å². The van der Waals surface area contributed by atoms with Crippen molar-refractivity contribution in [3.05, 3.63) is 53.1 Å². The average molecular weight is 275 g/mol. The van der Waals surface area contributed by atoms with Gasteiger partial charge in [0.25, 0.3) is 0 Å². The monoisotopic (exact) mass is 274 g/mol. The zero-order valence-corrected chi connectivity index (χ0v) is 11.7. The molecule has 0 aliphatic carbocycles. The van der Waals surface area contributed by atoms with Crippen molar-refractivity contribution in [3.63, 3.8) is 0 Å². The minimum Gasteiger partial charge on any atom is -0.495 e. The summed E-state index contributed by atoms with van der Waals surface area (Å²) in [6, 6.07) is 13.2. The fraction of sp³-hybridized carbons (Fsp3) is 0.188. The molecule has 2 aromatic rings. The van der Waals surface area contributed by atoms with E-state index in [9.17, 15) is 4.79 Å². The number of carbonyl (C=O) groups is 1. The van der Waals surface area contributed by atoms with Gasteiger partial charge in [0, 0.05) is 12.0 Å². The topological polar surface area (TPSA) is 26.3 Å². The molecule has 0 bridgehead atoms. The SMILES string of the molecule is CCC(=O)c1cccc(-c2ccc(OC)c(Cl)c2)c1. The Morgan fingerprint density at radius 1 is 1.16 bits per heavy atom. The van der Waals surface area contributed by atoms with Crippen LogP contribution in [0.4, 0.5) is 0 Å². The molecule has 3 heteroatoms. The predicted molar refractivity (Wildman–Crippen MR) is 78.1 cm³/mol. The standard InChI is InChI=1S/C16H15ClO2/c1-3-15(18)13-6-4-5-11(9-13)12-7-8-16(19-2)14(17)10-12/h4-10H,3H2,1-2H3. The van der Waals surface area contributed by atoms with Crippen LogP contribution in [0.2, 0.25) is 5.02 Å². The summed E-state index contributed by atoms with van der Waals surface area (Å²) in [7, 11) is 1.58. The molecule has 98 valence electrons. The molecule has 0 aromatic heterocycles. The summed E-state index contributed by atoms with van der Waals surface area (Å²) in [4.78, 5) is 11.7. The van der Waals surface area contributed by atoms with E-state index in [1.807, 2.05) is 49.4 Å². The smallest absolute Gasteiger partial charge is 0.162 e. The van der Waals surface area contributed by atoms with Crippen molar-refractivity contribution >= 4 is 17.4 Å². The lowest BCUT2D eigenvalue weighted by Crippen LogP contribution is -1.96. The Kier molecular flexibility index (Phi) is 4.23. The third-order valence-electron chi connectivity index (χ3n) is 2.99. The molecule has 2 aromatic carbocycles. The van der Waals surface area contributed by atoms with Crippen molar-refractivity contribution in [2.45, 2.75) is 13.3 Å². The summed E-state index contributed by atoms with van der Waals surface area (Å²) < 4.78 is 5.13. The maximum absolute atomic E-state index is 11.7. The maximum Gasteiger partial charge on any atom is 0.162 e. The number of rotatable bonds is 4. The van der Waals surface area contributed by atoms with Crippen LogP contribution in [-0.2, 0) is 0 Å². The van der Waals surface area contributed by atoms with Gasteiger partial charge in [-0.1, -0.05) is 42.8 Å². The Bertz CT molecular complexity index is 605. The summed E-state index contributed by atoms with van der Waals surface area (Å²) in [5, 5.41) is 0.562. The predicted octanol–water partition coefficient (Wildman–Crippen LogP) is 4.61. The Hall–Kier alpha value is -1.80. The molecule has 0 N–H and O–H groups in total. The molecule has 0 fully saturated rings. The lowest BCUT2D eigenvalue weighted by molar-refractivity contribution is 0.0988. The van der Waals surface area contributed by atoms with Gasteiger partial charge >= 0.3 is 0 Å². The minimum atomic E-state index is 0.140. The van der Waals surface area contributed by atoms with Crippen molar-refractivity contribution in [1.82, 2.24) is 0 Å². The van der Waals surface area contributed by atoms with E-state index in [4.69, 9.17) is 16.3 Å². The lowest BCUT2D eigenvalue weighted by Gasteiger charge is -2.07. The van der Waals surface area contributed by atoms with Gasteiger partial charge in [-0.05, 0) is 29.3 Å². The molecule has 0 aliphatic heterocycles. The van der Waals surface area contributed by atoms with Gasteiger partial charge < -0.3 is 4.74 Å². The van der Waals surface area contributed by atoms with Crippen LogP contribution >= 0.6 is 11.6 Å². The largest absolute Gasteiger partial charge is 0.495 e. The minimum absolute atomic E-state index is 0.140. The normalized spacial score (nSPS) is 10.3. The Balaban J connectivity index is 2.41. The Morgan fingerprint density at radius 3 is 2.53 bits per heavy atom. The first-order chi connectivity index (χ1) is 9.15. The summed E-state index contributed by atoms with van der Waals surface area (Å²) in [5.74, 6) is 0.785. The van der Waals surface area contributed by atoms with E-state index in [2.05, 4.69) is 0 Å². The molecular formula is C16H15ClO2. The van der Waals surface area contributed by atoms with E-state index in [0.717, 1.165) is 16.7 Å². The van der Waals surface area contributed by atoms with Crippen LogP contribution in [-0.4, -0.2) is 12.9 Å². The first kappa shape index (κ1) is 13.6. The zero-order chi connectivity index (χ0) is 13.8. The van der Waals surface area contributed by atoms with Gasteiger partial charge in [0.15, 0.2) is 5.78 Å². The van der Waals surface area contributed by atoms with Crippen molar-refractivity contribution in [2.24, 2.45) is 0 Å². The number of Topliss-reactive ketones (excluding diaryl/α,β-unsaturated/α-hetero) is 1. The first-order valence-electron chi connectivity index (χ1n) is 6.13. The molecule has 0 radical (unpaired) electrons. The molecule has 2 nitrogen and oxygen atoms in total. The number of benzene rings is 2. The number of hydrogen-bond acceptors (Lipinski definition) is 2. The summed E-state index contributed by atoms with van der Waals surface area (Å²) in [6.45, 7) is 1.86. The molecule has 0 saturated heterocycles. The van der Waals surface area contributed by atoms with E-state index < -0.39 is 0 Å². The van der Waals surface area contributed by atoms with Crippen molar-refractivity contribution in [2.75, 3.05) is 7.11 Å². The fourth-order valence-corrected chi connectivity index (χ4v) is 2.18. The lowest BCUT2D eigenvalue weighted by atomic mass is 10.0. The van der Waals surface area contributed by atoms with E-state index in [1.165, 1.54) is 0 Å². The highest BCUT2D eigenvalue weighted by Gasteiger charge is 2.07. The Morgan fingerprint density at radius 2 is 1.89 bits per heavy atom. The fourth-order valence-electron chi connectivity index (χ4n) is 1.92. The second-order valence-corrected chi connectivity index (χ2v) is 4.61. The van der Waals surface area contributed by atoms with Gasteiger partial charge in [-0.3, -0.25) is 4.79 Å². The summed E-state index contributed by atoms with van der Waals surface area (Å²) >= 11 is 6.12. The van der Waals surface area contributed by atoms with Crippen LogP contribution in [0.5, 0.6) is 5.75 Å². The van der Waals surface area contributed by atoms with Crippen LogP contribution in [0.3, 0.4) is 0 Å². The van der Waals surface area contributed by atoms with Crippen LogP contribution in [0.1, 0.15) is 23.7 Å². The molecule has 0 unspecified atom stereocenters. The second kappa shape index (κ2) is 5.89. The van der Waals surface area contributed by atoms with Gasteiger partial charge in [-0.15, -0.1) is 0 Å². The number of halogens is 1. The van der Waals surface area contributed by atoms with E-state index in [1.54, 1.807) is 7.11 Å². The molecule has 2 rings (SSSR count). The molecule has 0 saturated carbocycles. The van der Waals surface area contributed by atoms with Gasteiger partial charge in [-0.25, -0.2) is 0 Å². The molecule has 0 amide bonds. The number of ketones is 1. The molecule has 0 spiro atoms. The van der Waals surface area contributed by atoms with Crippen LogP contribution in [0, 0.1) is 0 Å². The van der Waals surface area contributed by atoms with E-state index in [0.29, 0.717) is 17.2 Å². The second-order valence-electron chi connectivity index (χ2n) is 4.21. The quantitative estimate of drug-likeness (QED) is 0.761. The number of hydrogen-bond donors (Lipinski definition) is 0. The average Bonchev–Trinajstić information content (AvgIpc) is 2.46. The highest BCUT2D eigenvalue weighted by Crippen LogP contribution is 2.30. The van der Waals surface area contributed by atoms with Gasteiger partial charge in [0.05, 0.1) is 12.1 Å². The molecule has 19 heavy (non-hydrogen) atoms. The van der Waals surface area contributed by atoms with Crippen LogP contribution in [0.25, 0.3) is 11.1 Å². The summed E-state index contributed by atoms with van der Waals surface area (Å²) in [5.41, 5.74) is 2.67. The van der Waals surface area contributed by atoms with Gasteiger partial charge in [0.2, 0.25) is 0 Å². The highest BCUT2D eigenvalue weighted by atomic mass is 35.5. The first-order valence-corrected chi connectivity index (χ1v) is 6.50. The molecule has 0 aliphatic rings. The van der Waals surface area contributed by atoms with Gasteiger partial charge in [0.1, 0.15) is 5.75 Å².